The number of carbonyl (C=O) groups excluding carboxylic acids is 4. The monoisotopic (exact) mass is 555 g/mol. The van der Waals surface area contributed by atoms with Crippen molar-refractivity contribution >= 4 is 23.6 Å². The lowest BCUT2D eigenvalue weighted by Gasteiger charge is -2.25. The topological polar surface area (TPSA) is 168 Å². The van der Waals surface area contributed by atoms with E-state index < -0.39 is 35.6 Å². The average Bonchev–Trinajstić information content (AvgIpc) is 2.90. The molecule has 2 bridgehead atoms. The lowest BCUT2D eigenvalue weighted by Crippen LogP contribution is -2.36. The molecule has 1 heterocycles. The van der Waals surface area contributed by atoms with Crippen molar-refractivity contribution in [3.8, 4) is 0 Å². The number of ether oxygens (including phenoxy) is 1. The van der Waals surface area contributed by atoms with Crippen LogP contribution >= 0.6 is 0 Å². The third-order valence-electron chi connectivity index (χ3n) is 6.96. The van der Waals surface area contributed by atoms with Gasteiger partial charge in [-0.25, -0.2) is 4.79 Å². The van der Waals surface area contributed by atoms with Gasteiger partial charge in [-0.3, -0.25) is 14.4 Å². The standard InChI is InChI=1S/C30H41N3O7/c1-5-12-32-26-23-14-18(2)13-21(16-34)10-6-8-19(3)28(40-30(31)39)22(17-35)11-7-9-20(4)29(38)33-24(27(23)37)15-25(26)36/h5,7-9,11,15,18,21-22,28,32,34-35H,1,6,10,12-14,16-17H2,2-4H3,(H2,31,39)(H,33,38)/b11-7-,19-8+,20-9+/t18-,21+,22+,28-/m0/s1. The number of allylic oxidation sites excluding steroid dienone is 5. The summed E-state index contributed by atoms with van der Waals surface area (Å²) in [6, 6.07) is 0. The molecule has 1 aliphatic heterocycles. The molecule has 0 unspecified atom stereocenters. The highest BCUT2D eigenvalue weighted by Gasteiger charge is 2.31. The number of aliphatic hydroxyl groups excluding tert-OH is 2. The lowest BCUT2D eigenvalue weighted by molar-refractivity contribution is -0.120. The van der Waals surface area contributed by atoms with Crippen LogP contribution in [0, 0.1) is 17.8 Å². The first-order valence-electron chi connectivity index (χ1n) is 13.4. The van der Waals surface area contributed by atoms with Crippen LogP contribution in [0.5, 0.6) is 0 Å². The van der Waals surface area contributed by atoms with E-state index in [-0.39, 0.29) is 60.6 Å². The minimum Gasteiger partial charge on any atom is -0.441 e. The first-order chi connectivity index (χ1) is 19.0. The molecule has 2 aliphatic rings. The van der Waals surface area contributed by atoms with Gasteiger partial charge in [-0.15, -0.1) is 6.58 Å². The highest BCUT2D eigenvalue weighted by Crippen LogP contribution is 2.28. The molecule has 10 heteroatoms. The number of primary amides is 1. The third-order valence-corrected chi connectivity index (χ3v) is 6.96. The zero-order chi connectivity index (χ0) is 29.8. The average molecular weight is 556 g/mol. The van der Waals surface area contributed by atoms with Gasteiger partial charge >= 0.3 is 6.09 Å². The zero-order valence-corrected chi connectivity index (χ0v) is 23.4. The summed E-state index contributed by atoms with van der Waals surface area (Å²) in [6.45, 7) is 8.78. The van der Waals surface area contributed by atoms with E-state index in [0.717, 1.165) is 6.08 Å². The number of fused-ring (bicyclic) bond motifs is 2. The van der Waals surface area contributed by atoms with E-state index in [0.29, 0.717) is 24.8 Å². The summed E-state index contributed by atoms with van der Waals surface area (Å²) in [5.41, 5.74) is 6.57. The molecule has 0 aromatic carbocycles. The molecule has 218 valence electrons. The van der Waals surface area contributed by atoms with Gasteiger partial charge in [-0.1, -0.05) is 37.3 Å². The van der Waals surface area contributed by atoms with Crippen LogP contribution in [0.4, 0.5) is 4.79 Å². The Morgan fingerprint density at radius 3 is 2.60 bits per heavy atom. The van der Waals surface area contributed by atoms with Gasteiger partial charge < -0.3 is 31.3 Å². The van der Waals surface area contributed by atoms with E-state index in [1.54, 1.807) is 32.1 Å². The van der Waals surface area contributed by atoms with E-state index >= 15 is 0 Å². The highest BCUT2D eigenvalue weighted by atomic mass is 16.6. The molecule has 6 N–H and O–H groups in total. The van der Waals surface area contributed by atoms with Gasteiger partial charge in [0, 0.05) is 36.3 Å². The Kier molecular flexibility index (Phi) is 12.8. The molecular formula is C30H41N3O7. The Hall–Kier alpha value is -3.76. The number of nitrogens with two attached hydrogens (primary N) is 1. The molecule has 40 heavy (non-hydrogen) atoms. The molecule has 0 fully saturated rings. The van der Waals surface area contributed by atoms with Gasteiger partial charge in [-0.2, -0.15) is 0 Å². The number of nitrogens with one attached hydrogen (secondary N) is 2. The first-order valence-corrected chi connectivity index (χ1v) is 13.4. The van der Waals surface area contributed by atoms with Gasteiger partial charge in [0.05, 0.1) is 18.0 Å². The quantitative estimate of drug-likeness (QED) is 0.246. The van der Waals surface area contributed by atoms with Crippen LogP contribution in [0.25, 0.3) is 0 Å². The lowest BCUT2D eigenvalue weighted by atomic mass is 9.84. The Balaban J connectivity index is 2.51. The van der Waals surface area contributed by atoms with Crippen LogP contribution in [-0.2, 0) is 19.1 Å². The fourth-order valence-corrected chi connectivity index (χ4v) is 4.84. The minimum absolute atomic E-state index is 0.0674. The molecule has 0 saturated heterocycles. The molecule has 0 spiro atoms. The van der Waals surface area contributed by atoms with E-state index in [4.69, 9.17) is 10.5 Å². The van der Waals surface area contributed by atoms with Crippen molar-refractivity contribution in [3.63, 3.8) is 0 Å². The molecule has 0 aromatic rings. The van der Waals surface area contributed by atoms with Gasteiger partial charge in [0.2, 0.25) is 11.6 Å². The fourth-order valence-electron chi connectivity index (χ4n) is 4.84. The number of carbonyl (C=O) groups is 4. The van der Waals surface area contributed by atoms with Crippen molar-refractivity contribution in [2.45, 2.75) is 52.6 Å². The van der Waals surface area contributed by atoms with Crippen LogP contribution in [-0.4, -0.2) is 59.6 Å². The summed E-state index contributed by atoms with van der Waals surface area (Å²) in [5, 5.41) is 25.6. The highest BCUT2D eigenvalue weighted by molar-refractivity contribution is 6.23. The van der Waals surface area contributed by atoms with E-state index in [9.17, 15) is 29.4 Å². The second kappa shape index (κ2) is 15.7. The summed E-state index contributed by atoms with van der Waals surface area (Å²) in [6.07, 6.45) is 9.46. The van der Waals surface area contributed by atoms with Crippen LogP contribution < -0.4 is 16.4 Å². The summed E-state index contributed by atoms with van der Waals surface area (Å²) < 4.78 is 5.31. The first kappa shape index (κ1) is 32.5. The molecule has 0 saturated carbocycles. The predicted octanol–water partition coefficient (Wildman–Crippen LogP) is 2.51. The van der Waals surface area contributed by atoms with E-state index in [1.807, 2.05) is 13.0 Å². The van der Waals surface area contributed by atoms with E-state index in [2.05, 4.69) is 17.2 Å². The predicted molar refractivity (Wildman–Crippen MR) is 151 cm³/mol. The smallest absolute Gasteiger partial charge is 0.405 e. The molecule has 2 amide bonds. The Morgan fingerprint density at radius 2 is 1.98 bits per heavy atom. The molecule has 1 aliphatic carbocycles. The number of hydrogen-bond donors (Lipinski definition) is 5. The van der Waals surface area contributed by atoms with Crippen molar-refractivity contribution in [3.05, 3.63) is 71.1 Å². The van der Waals surface area contributed by atoms with Crippen LogP contribution in [0.2, 0.25) is 0 Å². The van der Waals surface area contributed by atoms with Crippen molar-refractivity contribution in [2.75, 3.05) is 19.8 Å². The van der Waals surface area contributed by atoms with Crippen LogP contribution in [0.1, 0.15) is 46.5 Å². The van der Waals surface area contributed by atoms with Gasteiger partial charge in [0.1, 0.15) is 6.10 Å². The Labute approximate surface area is 235 Å². The molecule has 10 nitrogen and oxygen atoms in total. The van der Waals surface area contributed by atoms with Crippen molar-refractivity contribution < 1.29 is 34.1 Å². The van der Waals surface area contributed by atoms with Crippen molar-refractivity contribution in [1.82, 2.24) is 10.6 Å². The molecule has 2 rings (SSSR count). The fraction of sp³-hybridized carbons (Fsp3) is 0.467. The third kappa shape index (κ3) is 9.17. The molecule has 0 aromatic heterocycles. The minimum atomic E-state index is -0.981. The van der Waals surface area contributed by atoms with Crippen molar-refractivity contribution in [1.29, 1.82) is 0 Å². The second-order valence-corrected chi connectivity index (χ2v) is 10.3. The molecular weight excluding hydrogens is 514 g/mol. The number of hydrogen-bond acceptors (Lipinski definition) is 8. The SMILES string of the molecule is C=CCNC1=C2C[C@@H](C)C[C@H](CO)CC/C=C(\C)[C@H](OC(N)=O)[C@@H](CO)/C=C\C=C(/C)C(=O)NC(=CC1=O)C2=O. The van der Waals surface area contributed by atoms with Crippen molar-refractivity contribution in [2.24, 2.45) is 23.5 Å². The van der Waals surface area contributed by atoms with Gasteiger partial charge in [-0.05, 0) is 56.9 Å². The van der Waals surface area contributed by atoms with Crippen LogP contribution in [0.3, 0.4) is 0 Å². The Bertz CT molecular complexity index is 1150. The number of Topliss-reactive ketones (excluding diaryl/α,β-unsaturated/α-hetero) is 1. The second-order valence-electron chi connectivity index (χ2n) is 10.3. The summed E-state index contributed by atoms with van der Waals surface area (Å²) in [7, 11) is 0. The van der Waals surface area contributed by atoms with Crippen LogP contribution in [0.15, 0.2) is 71.1 Å². The molecule has 4 atom stereocenters. The largest absolute Gasteiger partial charge is 0.441 e. The van der Waals surface area contributed by atoms with Gasteiger partial charge in [0.25, 0.3) is 5.91 Å². The maximum Gasteiger partial charge on any atom is 0.405 e. The maximum absolute atomic E-state index is 13.4. The normalized spacial score (nSPS) is 28.8. The maximum atomic E-state index is 13.4. The summed E-state index contributed by atoms with van der Waals surface area (Å²) in [5.74, 6) is -2.24. The number of amides is 2. The summed E-state index contributed by atoms with van der Waals surface area (Å²) >= 11 is 0. The number of ketones is 2. The molecule has 0 radical (unpaired) electrons. The zero-order valence-electron chi connectivity index (χ0n) is 23.4. The summed E-state index contributed by atoms with van der Waals surface area (Å²) in [4.78, 5) is 50.9. The van der Waals surface area contributed by atoms with Gasteiger partial charge in [0.15, 0.2) is 0 Å². The number of aliphatic hydroxyl groups is 2. The van der Waals surface area contributed by atoms with E-state index in [1.165, 1.54) is 6.08 Å². The Morgan fingerprint density at radius 1 is 1.25 bits per heavy atom. The number of rotatable bonds is 6.